The van der Waals surface area contributed by atoms with Crippen LogP contribution in [0.4, 0.5) is 0 Å². The molecule has 1 atom stereocenters. The lowest BCUT2D eigenvalue weighted by Gasteiger charge is -2.27. The summed E-state index contributed by atoms with van der Waals surface area (Å²) >= 11 is 0. The number of carbonyl (C=O) groups is 1. The second-order valence-electron chi connectivity index (χ2n) is 5.45. The van der Waals surface area contributed by atoms with Crippen molar-refractivity contribution < 1.29 is 4.79 Å². The standard InChI is InChI=1S/C15H19N3O/c1-11(2)15(19)18-9-4-6-13(18)12-5-3-7-14-16-8-10-17(12)14/h3,5,7-8,10-11,13H,4,6,9H2,1-2H3. The van der Waals surface area contributed by atoms with Gasteiger partial charge in [0.25, 0.3) is 0 Å². The molecule has 2 aromatic heterocycles. The Balaban J connectivity index is 2.01. The number of likely N-dealkylation sites (tertiary alicyclic amines) is 1. The summed E-state index contributed by atoms with van der Waals surface area (Å²) in [7, 11) is 0. The first kappa shape index (κ1) is 12.2. The minimum absolute atomic E-state index is 0.0580. The smallest absolute Gasteiger partial charge is 0.225 e. The van der Waals surface area contributed by atoms with Gasteiger partial charge in [-0.25, -0.2) is 4.98 Å². The molecule has 0 spiro atoms. The Hall–Kier alpha value is -1.84. The van der Waals surface area contributed by atoms with E-state index >= 15 is 0 Å². The highest BCUT2D eigenvalue weighted by molar-refractivity contribution is 5.78. The van der Waals surface area contributed by atoms with Crippen molar-refractivity contribution in [3.63, 3.8) is 0 Å². The lowest BCUT2D eigenvalue weighted by molar-refractivity contribution is -0.135. The predicted molar refractivity (Wildman–Crippen MR) is 73.7 cm³/mol. The van der Waals surface area contributed by atoms with Gasteiger partial charge in [-0.2, -0.15) is 0 Å². The summed E-state index contributed by atoms with van der Waals surface area (Å²) in [5.74, 6) is 0.308. The largest absolute Gasteiger partial charge is 0.334 e. The fourth-order valence-electron chi connectivity index (χ4n) is 2.91. The van der Waals surface area contributed by atoms with Crippen LogP contribution < -0.4 is 0 Å². The first-order valence-electron chi connectivity index (χ1n) is 6.91. The summed E-state index contributed by atoms with van der Waals surface area (Å²) in [5.41, 5.74) is 2.11. The van der Waals surface area contributed by atoms with Gasteiger partial charge in [0.1, 0.15) is 5.65 Å². The fourth-order valence-corrected chi connectivity index (χ4v) is 2.91. The molecule has 0 N–H and O–H groups in total. The summed E-state index contributed by atoms with van der Waals surface area (Å²) < 4.78 is 2.09. The zero-order chi connectivity index (χ0) is 13.4. The molecule has 0 aromatic carbocycles. The van der Waals surface area contributed by atoms with Crippen molar-refractivity contribution in [3.05, 3.63) is 36.3 Å². The highest BCUT2D eigenvalue weighted by Gasteiger charge is 2.32. The normalized spacial score (nSPS) is 19.5. The van der Waals surface area contributed by atoms with Crippen molar-refractivity contribution in [2.45, 2.75) is 32.7 Å². The highest BCUT2D eigenvalue weighted by Crippen LogP contribution is 2.33. The average molecular weight is 257 g/mol. The molecule has 1 unspecified atom stereocenters. The van der Waals surface area contributed by atoms with E-state index < -0.39 is 0 Å². The third kappa shape index (κ3) is 2.01. The maximum Gasteiger partial charge on any atom is 0.225 e. The van der Waals surface area contributed by atoms with Crippen LogP contribution in [-0.4, -0.2) is 26.7 Å². The van der Waals surface area contributed by atoms with E-state index in [0.717, 1.165) is 25.0 Å². The van der Waals surface area contributed by atoms with Crippen molar-refractivity contribution in [2.75, 3.05) is 6.54 Å². The number of amides is 1. The molecule has 1 fully saturated rings. The van der Waals surface area contributed by atoms with E-state index in [4.69, 9.17) is 0 Å². The summed E-state index contributed by atoms with van der Waals surface area (Å²) in [6, 6.07) is 6.31. The van der Waals surface area contributed by atoms with Crippen molar-refractivity contribution in [2.24, 2.45) is 5.92 Å². The average Bonchev–Trinajstić information content (AvgIpc) is 3.05. The number of carbonyl (C=O) groups excluding carboxylic acids is 1. The molecule has 1 amide bonds. The Kier molecular flexibility index (Phi) is 3.01. The molecular weight excluding hydrogens is 238 g/mol. The van der Waals surface area contributed by atoms with Crippen LogP contribution in [0.1, 0.15) is 38.4 Å². The summed E-state index contributed by atoms with van der Waals surface area (Å²) in [6.45, 7) is 4.80. The van der Waals surface area contributed by atoms with Crippen LogP contribution >= 0.6 is 0 Å². The van der Waals surface area contributed by atoms with Crippen LogP contribution in [0.25, 0.3) is 5.65 Å². The molecule has 100 valence electrons. The minimum atomic E-state index is 0.0580. The van der Waals surface area contributed by atoms with Gasteiger partial charge in [-0.1, -0.05) is 19.9 Å². The number of pyridine rings is 1. The minimum Gasteiger partial charge on any atom is -0.334 e. The summed E-state index contributed by atoms with van der Waals surface area (Å²) in [4.78, 5) is 18.6. The van der Waals surface area contributed by atoms with Gasteiger partial charge in [-0.05, 0) is 25.0 Å². The van der Waals surface area contributed by atoms with Gasteiger partial charge in [0.2, 0.25) is 5.91 Å². The number of rotatable bonds is 2. The number of aromatic nitrogens is 2. The molecule has 0 bridgehead atoms. The Morgan fingerprint density at radius 1 is 1.42 bits per heavy atom. The molecule has 0 saturated carbocycles. The molecule has 0 aliphatic carbocycles. The Bertz CT molecular complexity index is 602. The van der Waals surface area contributed by atoms with Crippen LogP contribution in [0.2, 0.25) is 0 Å². The van der Waals surface area contributed by atoms with Crippen LogP contribution in [0.5, 0.6) is 0 Å². The van der Waals surface area contributed by atoms with Crippen LogP contribution in [0.15, 0.2) is 30.6 Å². The number of hydrogen-bond donors (Lipinski definition) is 0. The molecule has 2 aromatic rings. The number of nitrogens with zero attached hydrogens (tertiary/aromatic N) is 3. The van der Waals surface area contributed by atoms with Gasteiger partial charge in [0.15, 0.2) is 0 Å². The molecule has 1 aliphatic heterocycles. The third-order valence-electron chi connectivity index (χ3n) is 3.83. The number of fused-ring (bicyclic) bond motifs is 1. The first-order valence-corrected chi connectivity index (χ1v) is 6.91. The van der Waals surface area contributed by atoms with Gasteiger partial charge < -0.3 is 9.30 Å². The molecule has 1 aliphatic rings. The van der Waals surface area contributed by atoms with Gasteiger partial charge in [0.05, 0.1) is 6.04 Å². The van der Waals surface area contributed by atoms with E-state index in [1.54, 1.807) is 0 Å². The van der Waals surface area contributed by atoms with Gasteiger partial charge in [0, 0.05) is 30.6 Å². The van der Waals surface area contributed by atoms with Crippen molar-refractivity contribution in [3.8, 4) is 0 Å². The second kappa shape index (κ2) is 4.68. The van der Waals surface area contributed by atoms with E-state index in [2.05, 4.69) is 15.5 Å². The lowest BCUT2D eigenvalue weighted by Crippen LogP contribution is -2.34. The number of hydrogen-bond acceptors (Lipinski definition) is 2. The van der Waals surface area contributed by atoms with Crippen LogP contribution in [0.3, 0.4) is 0 Å². The quantitative estimate of drug-likeness (QED) is 0.829. The highest BCUT2D eigenvalue weighted by atomic mass is 16.2. The molecular formula is C15H19N3O. The van der Waals surface area contributed by atoms with Gasteiger partial charge in [-0.15, -0.1) is 0 Å². The zero-order valence-electron chi connectivity index (χ0n) is 11.4. The van der Waals surface area contributed by atoms with E-state index in [1.807, 2.05) is 43.3 Å². The Morgan fingerprint density at radius 2 is 2.26 bits per heavy atom. The van der Waals surface area contributed by atoms with Crippen molar-refractivity contribution in [1.29, 1.82) is 0 Å². The summed E-state index contributed by atoms with van der Waals surface area (Å²) in [6.07, 6.45) is 5.90. The molecule has 3 rings (SSSR count). The van der Waals surface area contributed by atoms with E-state index in [0.29, 0.717) is 0 Å². The van der Waals surface area contributed by atoms with E-state index in [1.165, 1.54) is 5.69 Å². The van der Waals surface area contributed by atoms with Crippen molar-refractivity contribution in [1.82, 2.24) is 14.3 Å². The molecule has 19 heavy (non-hydrogen) atoms. The molecule has 1 saturated heterocycles. The molecule has 0 radical (unpaired) electrons. The Labute approximate surface area is 113 Å². The van der Waals surface area contributed by atoms with E-state index in [9.17, 15) is 4.79 Å². The molecule has 4 nitrogen and oxygen atoms in total. The van der Waals surface area contributed by atoms with Crippen LogP contribution in [0, 0.1) is 5.92 Å². The summed E-state index contributed by atoms with van der Waals surface area (Å²) in [5, 5.41) is 0. The van der Waals surface area contributed by atoms with E-state index in [-0.39, 0.29) is 17.9 Å². The van der Waals surface area contributed by atoms with Crippen LogP contribution in [-0.2, 0) is 4.79 Å². The SMILES string of the molecule is CC(C)C(=O)N1CCCC1c1cccc2nccn12. The maximum absolute atomic E-state index is 12.3. The first-order chi connectivity index (χ1) is 9.18. The number of imidazole rings is 1. The topological polar surface area (TPSA) is 37.6 Å². The maximum atomic E-state index is 12.3. The van der Waals surface area contributed by atoms with Gasteiger partial charge >= 0.3 is 0 Å². The monoisotopic (exact) mass is 257 g/mol. The molecule has 4 heteroatoms. The van der Waals surface area contributed by atoms with Gasteiger partial charge in [-0.3, -0.25) is 4.79 Å². The lowest BCUT2D eigenvalue weighted by atomic mass is 10.1. The molecule has 3 heterocycles. The predicted octanol–water partition coefficient (Wildman–Crippen LogP) is 2.65. The fraction of sp³-hybridized carbons (Fsp3) is 0.467. The van der Waals surface area contributed by atoms with Crippen molar-refractivity contribution >= 4 is 11.6 Å². The zero-order valence-corrected chi connectivity index (χ0v) is 11.4. The third-order valence-corrected chi connectivity index (χ3v) is 3.83. The Morgan fingerprint density at radius 3 is 3.05 bits per heavy atom. The second-order valence-corrected chi connectivity index (χ2v) is 5.45.